The highest BCUT2D eigenvalue weighted by Crippen LogP contribution is 2.32. The van der Waals surface area contributed by atoms with Crippen molar-refractivity contribution in [3.05, 3.63) is 0 Å². The van der Waals surface area contributed by atoms with Gasteiger partial charge in [-0.1, -0.05) is 26.2 Å². The van der Waals surface area contributed by atoms with Crippen LogP contribution in [0.1, 0.15) is 45.4 Å². The monoisotopic (exact) mass is 247 g/mol. The Morgan fingerprint density at radius 1 is 1.19 bits per heavy atom. The van der Waals surface area contributed by atoms with Crippen molar-refractivity contribution >= 4 is 15.9 Å². The molecule has 1 rings (SSSR count). The van der Waals surface area contributed by atoms with Crippen molar-refractivity contribution in [2.75, 3.05) is 6.26 Å². The second kappa shape index (κ2) is 5.66. The molecule has 1 aliphatic carbocycles. The first-order valence-electron chi connectivity index (χ1n) is 5.91. The van der Waals surface area contributed by atoms with Gasteiger partial charge in [0.15, 0.2) is 0 Å². The summed E-state index contributed by atoms with van der Waals surface area (Å²) in [6, 6.07) is 0. The highest BCUT2D eigenvalue weighted by molar-refractivity contribution is 7.89. The maximum absolute atomic E-state index is 11.4. The molecule has 1 N–H and O–H groups in total. The van der Waals surface area contributed by atoms with Crippen molar-refractivity contribution in [3.8, 4) is 0 Å². The molecule has 1 saturated carbocycles. The van der Waals surface area contributed by atoms with Gasteiger partial charge in [0.2, 0.25) is 15.9 Å². The summed E-state index contributed by atoms with van der Waals surface area (Å²) in [5.74, 6) is 0.807. The summed E-state index contributed by atoms with van der Waals surface area (Å²) in [6.07, 6.45) is 7.02. The van der Waals surface area contributed by atoms with E-state index in [1.165, 1.54) is 19.3 Å². The van der Waals surface area contributed by atoms with Gasteiger partial charge in [0, 0.05) is 6.42 Å². The first kappa shape index (κ1) is 13.5. The molecule has 1 aliphatic rings. The highest BCUT2D eigenvalue weighted by Gasteiger charge is 2.22. The largest absolute Gasteiger partial charge is 0.274 e. The van der Waals surface area contributed by atoms with Gasteiger partial charge in [-0.15, -0.1) is 0 Å². The minimum atomic E-state index is -3.39. The second-order valence-corrected chi connectivity index (χ2v) is 6.54. The van der Waals surface area contributed by atoms with E-state index in [0.717, 1.165) is 25.0 Å². The third kappa shape index (κ3) is 4.96. The maximum atomic E-state index is 11.4. The van der Waals surface area contributed by atoms with Crippen molar-refractivity contribution < 1.29 is 13.2 Å². The summed E-state index contributed by atoms with van der Waals surface area (Å²) >= 11 is 0. The molecular weight excluding hydrogens is 226 g/mol. The molecule has 0 unspecified atom stereocenters. The highest BCUT2D eigenvalue weighted by atomic mass is 32.2. The van der Waals surface area contributed by atoms with Gasteiger partial charge in [-0.2, -0.15) is 0 Å². The third-order valence-corrected chi connectivity index (χ3v) is 3.92. The van der Waals surface area contributed by atoms with Gasteiger partial charge >= 0.3 is 0 Å². The predicted octanol–water partition coefficient (Wildman–Crippen LogP) is 1.67. The van der Waals surface area contributed by atoms with Crippen LogP contribution < -0.4 is 4.72 Å². The van der Waals surface area contributed by atoms with Crippen LogP contribution in [0.2, 0.25) is 0 Å². The van der Waals surface area contributed by atoms with Crippen molar-refractivity contribution in [2.24, 2.45) is 11.8 Å². The zero-order chi connectivity index (χ0) is 12.2. The zero-order valence-electron chi connectivity index (χ0n) is 10.0. The molecule has 0 heterocycles. The van der Waals surface area contributed by atoms with Gasteiger partial charge in [-0.3, -0.25) is 9.52 Å². The van der Waals surface area contributed by atoms with E-state index in [4.69, 9.17) is 0 Å². The van der Waals surface area contributed by atoms with E-state index < -0.39 is 10.0 Å². The molecule has 0 bridgehead atoms. The van der Waals surface area contributed by atoms with E-state index in [0.29, 0.717) is 12.3 Å². The number of carbonyl (C=O) groups is 1. The van der Waals surface area contributed by atoms with Gasteiger partial charge in [0.05, 0.1) is 6.26 Å². The van der Waals surface area contributed by atoms with Crippen LogP contribution in [0.4, 0.5) is 0 Å². The molecular formula is C11H21NO3S. The molecule has 0 aromatic heterocycles. The van der Waals surface area contributed by atoms with Crippen molar-refractivity contribution in [1.82, 2.24) is 4.72 Å². The normalized spacial score (nSPS) is 26.4. The number of hydrogen-bond donors (Lipinski definition) is 1. The number of carbonyl (C=O) groups excluding carboxylic acids is 1. The molecule has 16 heavy (non-hydrogen) atoms. The topological polar surface area (TPSA) is 63.2 Å². The van der Waals surface area contributed by atoms with Crippen molar-refractivity contribution in [3.63, 3.8) is 0 Å². The molecule has 0 radical (unpaired) electrons. The number of sulfonamides is 1. The van der Waals surface area contributed by atoms with Gasteiger partial charge < -0.3 is 0 Å². The van der Waals surface area contributed by atoms with Crippen LogP contribution in [0.3, 0.4) is 0 Å². The molecule has 0 saturated heterocycles. The van der Waals surface area contributed by atoms with E-state index in [1.807, 2.05) is 4.72 Å². The Morgan fingerprint density at radius 2 is 1.69 bits per heavy atom. The van der Waals surface area contributed by atoms with E-state index in [1.54, 1.807) is 0 Å². The average molecular weight is 247 g/mol. The lowest BCUT2D eigenvalue weighted by Crippen LogP contribution is -2.31. The lowest BCUT2D eigenvalue weighted by Gasteiger charge is -2.27. The first-order valence-corrected chi connectivity index (χ1v) is 7.80. The Morgan fingerprint density at radius 3 is 2.12 bits per heavy atom. The van der Waals surface area contributed by atoms with Crippen LogP contribution in [0.25, 0.3) is 0 Å². The van der Waals surface area contributed by atoms with Crippen LogP contribution in [-0.4, -0.2) is 20.6 Å². The van der Waals surface area contributed by atoms with Crippen LogP contribution in [0, 0.1) is 11.8 Å². The SMILES string of the molecule is CCC1CCC(CC(=O)NS(C)(=O)=O)CC1. The quantitative estimate of drug-likeness (QED) is 0.822. The number of hydrogen-bond acceptors (Lipinski definition) is 3. The average Bonchev–Trinajstić information content (AvgIpc) is 2.16. The molecule has 5 heteroatoms. The number of rotatable bonds is 4. The molecule has 1 amide bonds. The smallest absolute Gasteiger partial charge is 0.233 e. The Hall–Kier alpha value is -0.580. The molecule has 0 aliphatic heterocycles. The standard InChI is InChI=1S/C11H21NO3S/c1-3-9-4-6-10(7-5-9)8-11(13)12-16(2,14)15/h9-10H,3-8H2,1-2H3,(H,12,13). The summed E-state index contributed by atoms with van der Waals surface area (Å²) in [5, 5.41) is 0. The lowest BCUT2D eigenvalue weighted by atomic mass is 9.79. The zero-order valence-corrected chi connectivity index (χ0v) is 10.8. The minimum Gasteiger partial charge on any atom is -0.274 e. The van der Waals surface area contributed by atoms with Gasteiger partial charge in [0.25, 0.3) is 0 Å². The van der Waals surface area contributed by atoms with Crippen LogP contribution in [0.15, 0.2) is 0 Å². The minimum absolute atomic E-state index is 0.351. The third-order valence-electron chi connectivity index (χ3n) is 3.32. The summed E-state index contributed by atoms with van der Waals surface area (Å²) in [6.45, 7) is 2.20. The fourth-order valence-electron chi connectivity index (χ4n) is 2.35. The van der Waals surface area contributed by atoms with Crippen LogP contribution in [-0.2, 0) is 14.8 Å². The molecule has 1 fully saturated rings. The molecule has 0 aromatic carbocycles. The Balaban J connectivity index is 2.31. The van der Waals surface area contributed by atoms with Crippen LogP contribution in [0.5, 0.6) is 0 Å². The fourth-order valence-corrected chi connectivity index (χ4v) is 2.85. The summed E-state index contributed by atoms with van der Waals surface area (Å²) in [5.41, 5.74) is 0. The second-order valence-electron chi connectivity index (χ2n) is 4.80. The maximum Gasteiger partial charge on any atom is 0.233 e. The lowest BCUT2D eigenvalue weighted by molar-refractivity contribution is -0.120. The summed E-state index contributed by atoms with van der Waals surface area (Å²) < 4.78 is 23.7. The Bertz CT molecular complexity index is 329. The number of amides is 1. The van der Waals surface area contributed by atoms with Gasteiger partial charge in [-0.25, -0.2) is 8.42 Å². The fraction of sp³-hybridized carbons (Fsp3) is 0.909. The summed E-state index contributed by atoms with van der Waals surface area (Å²) in [7, 11) is -3.39. The molecule has 94 valence electrons. The molecule has 0 aromatic rings. The molecule has 0 atom stereocenters. The first-order chi connectivity index (χ1) is 7.40. The molecule has 4 nitrogen and oxygen atoms in total. The van der Waals surface area contributed by atoms with Crippen molar-refractivity contribution in [2.45, 2.75) is 45.4 Å². The Kier molecular flexibility index (Phi) is 4.77. The predicted molar refractivity (Wildman–Crippen MR) is 63.3 cm³/mol. The van der Waals surface area contributed by atoms with Gasteiger partial charge in [0.1, 0.15) is 0 Å². The van der Waals surface area contributed by atoms with E-state index in [-0.39, 0.29) is 5.91 Å². The van der Waals surface area contributed by atoms with E-state index >= 15 is 0 Å². The van der Waals surface area contributed by atoms with Crippen molar-refractivity contribution in [1.29, 1.82) is 0 Å². The van der Waals surface area contributed by atoms with E-state index in [9.17, 15) is 13.2 Å². The number of nitrogens with one attached hydrogen (secondary N) is 1. The van der Waals surface area contributed by atoms with Gasteiger partial charge in [-0.05, 0) is 24.7 Å². The Labute approximate surface area is 97.9 Å². The van der Waals surface area contributed by atoms with E-state index in [2.05, 4.69) is 6.92 Å². The van der Waals surface area contributed by atoms with Crippen LogP contribution >= 0.6 is 0 Å². The summed E-state index contributed by atoms with van der Waals surface area (Å²) in [4.78, 5) is 11.4. The molecule has 0 spiro atoms.